The summed E-state index contributed by atoms with van der Waals surface area (Å²) in [4.78, 5) is 4.18. The summed E-state index contributed by atoms with van der Waals surface area (Å²) in [5.41, 5.74) is 0. The fraction of sp³-hybridized carbons (Fsp3) is 0.571. The highest BCUT2D eigenvalue weighted by Gasteiger charge is 2.01. The van der Waals surface area contributed by atoms with Gasteiger partial charge in [-0.15, -0.1) is 11.3 Å². The first-order chi connectivity index (χ1) is 5.33. The Kier molecular flexibility index (Phi) is 4.33. The largest absolute Gasteiger partial charge is 0.237 e. The molecule has 1 heterocycles. The van der Waals surface area contributed by atoms with E-state index in [-0.39, 0.29) is 0 Å². The van der Waals surface area contributed by atoms with Crippen molar-refractivity contribution >= 4 is 32.9 Å². The van der Waals surface area contributed by atoms with Gasteiger partial charge in [0.05, 0.1) is 0 Å². The van der Waals surface area contributed by atoms with Crippen LogP contribution in [0.15, 0.2) is 15.9 Å². The molecule has 0 saturated carbocycles. The molecule has 62 valence electrons. The third-order valence-corrected chi connectivity index (χ3v) is 5.44. The second kappa shape index (κ2) is 5.06. The van der Waals surface area contributed by atoms with E-state index in [2.05, 4.69) is 18.8 Å². The lowest BCUT2D eigenvalue weighted by Crippen LogP contribution is -1.87. The molecule has 0 radical (unpaired) electrons. The number of hydrogen-bond donors (Lipinski definition) is 0. The summed E-state index contributed by atoms with van der Waals surface area (Å²) in [7, 11) is 3.68. The van der Waals surface area contributed by atoms with Crippen LogP contribution < -0.4 is 0 Å². The third-order valence-electron chi connectivity index (χ3n) is 1.27. The van der Waals surface area contributed by atoms with Gasteiger partial charge < -0.3 is 0 Å². The number of hydrogen-bond acceptors (Lipinski definition) is 4. The van der Waals surface area contributed by atoms with Crippen molar-refractivity contribution in [2.75, 3.05) is 0 Å². The molecule has 0 spiro atoms. The van der Waals surface area contributed by atoms with Crippen LogP contribution in [0, 0.1) is 0 Å². The quantitative estimate of drug-likeness (QED) is 0.696. The zero-order valence-electron chi connectivity index (χ0n) is 6.61. The highest BCUT2D eigenvalue weighted by Crippen LogP contribution is 2.36. The van der Waals surface area contributed by atoms with Crippen LogP contribution in [-0.4, -0.2) is 10.2 Å². The Morgan fingerprint density at radius 1 is 1.73 bits per heavy atom. The molecule has 1 rings (SSSR count). The summed E-state index contributed by atoms with van der Waals surface area (Å²) in [6.07, 6.45) is 3.08. The van der Waals surface area contributed by atoms with Gasteiger partial charge in [0.2, 0.25) is 0 Å². The molecule has 0 fully saturated rings. The Morgan fingerprint density at radius 3 is 3.09 bits per heavy atom. The summed E-state index contributed by atoms with van der Waals surface area (Å²) < 4.78 is 1.16. The van der Waals surface area contributed by atoms with Crippen LogP contribution in [0.25, 0.3) is 0 Å². The van der Waals surface area contributed by atoms with Crippen LogP contribution in [0.5, 0.6) is 0 Å². The standard InChI is InChI=1S/C7H11NS3/c1-3-6(2)10-11-7-8-4-5-9-7/h4-6H,3H2,1-2H3/t6-/m1/s1. The molecule has 0 unspecified atom stereocenters. The lowest BCUT2D eigenvalue weighted by Gasteiger charge is -2.03. The normalized spacial score (nSPS) is 13.3. The molecule has 1 nitrogen and oxygen atoms in total. The first kappa shape index (κ1) is 9.42. The van der Waals surface area contributed by atoms with Gasteiger partial charge in [-0.3, -0.25) is 0 Å². The van der Waals surface area contributed by atoms with Crippen molar-refractivity contribution in [1.82, 2.24) is 4.98 Å². The Balaban J connectivity index is 2.23. The molecule has 0 aromatic carbocycles. The predicted molar refractivity (Wildman–Crippen MR) is 55.3 cm³/mol. The van der Waals surface area contributed by atoms with Gasteiger partial charge in [0.25, 0.3) is 0 Å². The van der Waals surface area contributed by atoms with Crippen molar-refractivity contribution in [3.8, 4) is 0 Å². The molecule has 1 atom stereocenters. The molecule has 11 heavy (non-hydrogen) atoms. The molecule has 1 aromatic rings. The lowest BCUT2D eigenvalue weighted by molar-refractivity contribution is 0.912. The van der Waals surface area contributed by atoms with E-state index in [1.165, 1.54) is 6.42 Å². The molecule has 0 aliphatic heterocycles. The Labute approximate surface area is 79.4 Å². The van der Waals surface area contributed by atoms with E-state index in [0.717, 1.165) is 9.59 Å². The minimum Gasteiger partial charge on any atom is -0.237 e. The van der Waals surface area contributed by atoms with Gasteiger partial charge >= 0.3 is 0 Å². The molecule has 0 N–H and O–H groups in total. The zero-order chi connectivity index (χ0) is 8.10. The van der Waals surface area contributed by atoms with Crippen LogP contribution in [-0.2, 0) is 0 Å². The number of thiazole rings is 1. The maximum absolute atomic E-state index is 4.18. The topological polar surface area (TPSA) is 12.9 Å². The van der Waals surface area contributed by atoms with Crippen molar-refractivity contribution in [3.05, 3.63) is 11.6 Å². The summed E-state index contributed by atoms with van der Waals surface area (Å²) in [6.45, 7) is 4.45. The highest BCUT2D eigenvalue weighted by molar-refractivity contribution is 8.77. The first-order valence-electron chi connectivity index (χ1n) is 3.55. The van der Waals surface area contributed by atoms with E-state index in [1.807, 2.05) is 22.4 Å². The van der Waals surface area contributed by atoms with Crippen molar-refractivity contribution < 1.29 is 0 Å². The minimum absolute atomic E-state index is 0.726. The van der Waals surface area contributed by atoms with Crippen molar-refractivity contribution in [3.63, 3.8) is 0 Å². The maximum atomic E-state index is 4.18. The SMILES string of the molecule is CC[C@@H](C)SSc1nccs1. The molecule has 0 amide bonds. The average molecular weight is 205 g/mol. The average Bonchev–Trinajstić information content (AvgIpc) is 2.52. The second-order valence-electron chi connectivity index (χ2n) is 2.20. The summed E-state index contributed by atoms with van der Waals surface area (Å²) in [5, 5.41) is 2.74. The number of nitrogens with zero attached hydrogens (tertiary/aromatic N) is 1. The van der Waals surface area contributed by atoms with E-state index in [1.54, 1.807) is 22.1 Å². The van der Waals surface area contributed by atoms with E-state index in [4.69, 9.17) is 0 Å². The van der Waals surface area contributed by atoms with E-state index in [0.29, 0.717) is 0 Å². The van der Waals surface area contributed by atoms with Gasteiger partial charge in [0.1, 0.15) is 0 Å². The predicted octanol–water partition coefficient (Wildman–Crippen LogP) is 3.68. The number of rotatable bonds is 4. The van der Waals surface area contributed by atoms with Crippen LogP contribution >= 0.6 is 32.9 Å². The molecule has 0 aliphatic carbocycles. The Morgan fingerprint density at radius 2 is 2.55 bits per heavy atom. The van der Waals surface area contributed by atoms with E-state index >= 15 is 0 Å². The maximum Gasteiger partial charge on any atom is 0.160 e. The smallest absolute Gasteiger partial charge is 0.160 e. The van der Waals surface area contributed by atoms with Gasteiger partial charge in [-0.05, 0) is 17.2 Å². The second-order valence-corrected chi connectivity index (χ2v) is 5.98. The van der Waals surface area contributed by atoms with Gasteiger partial charge in [0, 0.05) is 16.8 Å². The number of aromatic nitrogens is 1. The van der Waals surface area contributed by atoms with Crippen molar-refractivity contribution in [2.24, 2.45) is 0 Å². The van der Waals surface area contributed by atoms with Crippen molar-refractivity contribution in [1.29, 1.82) is 0 Å². The summed E-state index contributed by atoms with van der Waals surface area (Å²) in [5.74, 6) is 0. The van der Waals surface area contributed by atoms with Crippen LogP contribution in [0.3, 0.4) is 0 Å². The Hall–Kier alpha value is 0.330. The Bertz CT molecular complexity index is 186. The highest BCUT2D eigenvalue weighted by atomic mass is 33.1. The van der Waals surface area contributed by atoms with Gasteiger partial charge in [-0.2, -0.15) is 0 Å². The molecule has 0 bridgehead atoms. The molecule has 1 aromatic heterocycles. The molecule has 0 aliphatic rings. The fourth-order valence-electron chi connectivity index (χ4n) is 0.443. The molecule has 0 saturated heterocycles. The van der Waals surface area contributed by atoms with Crippen LogP contribution in [0.1, 0.15) is 20.3 Å². The van der Waals surface area contributed by atoms with Gasteiger partial charge in [0.15, 0.2) is 4.34 Å². The minimum atomic E-state index is 0.726. The van der Waals surface area contributed by atoms with E-state index < -0.39 is 0 Å². The third kappa shape index (κ3) is 3.49. The van der Waals surface area contributed by atoms with Gasteiger partial charge in [-0.1, -0.05) is 24.6 Å². The monoisotopic (exact) mass is 205 g/mol. The molecular weight excluding hydrogens is 194 g/mol. The first-order valence-corrected chi connectivity index (χ1v) is 6.65. The lowest BCUT2D eigenvalue weighted by atomic mass is 10.4. The van der Waals surface area contributed by atoms with E-state index in [9.17, 15) is 0 Å². The molecular formula is C7H11NS3. The van der Waals surface area contributed by atoms with Gasteiger partial charge in [-0.25, -0.2) is 4.98 Å². The summed E-state index contributed by atoms with van der Waals surface area (Å²) in [6, 6.07) is 0. The van der Waals surface area contributed by atoms with Crippen LogP contribution in [0.2, 0.25) is 0 Å². The van der Waals surface area contributed by atoms with Crippen molar-refractivity contribution in [2.45, 2.75) is 29.9 Å². The zero-order valence-corrected chi connectivity index (χ0v) is 9.06. The summed E-state index contributed by atoms with van der Waals surface area (Å²) >= 11 is 1.71. The molecule has 4 heteroatoms. The van der Waals surface area contributed by atoms with Crippen LogP contribution in [0.4, 0.5) is 0 Å². The fourth-order valence-corrected chi connectivity index (χ4v) is 3.60.